The summed E-state index contributed by atoms with van der Waals surface area (Å²) >= 11 is 12.6. The molecule has 39 heavy (non-hydrogen) atoms. The van der Waals surface area contributed by atoms with Crippen LogP contribution in [0, 0.1) is 0 Å². The molecule has 1 saturated heterocycles. The molecule has 0 aliphatic carbocycles. The van der Waals surface area contributed by atoms with Crippen LogP contribution in [0.2, 0.25) is 10.0 Å². The Labute approximate surface area is 241 Å². The van der Waals surface area contributed by atoms with Crippen molar-refractivity contribution in [3.8, 4) is 11.6 Å². The van der Waals surface area contributed by atoms with E-state index in [2.05, 4.69) is 14.8 Å². The van der Waals surface area contributed by atoms with Gasteiger partial charge in [0.15, 0.2) is 0 Å². The second kappa shape index (κ2) is 14.6. The highest BCUT2D eigenvalue weighted by Gasteiger charge is 2.19. The molecule has 1 aromatic heterocycles. The fourth-order valence-corrected chi connectivity index (χ4v) is 5.20. The molecule has 0 N–H and O–H groups in total. The lowest BCUT2D eigenvalue weighted by molar-refractivity contribution is 0.150. The number of amides is 1. The highest BCUT2D eigenvalue weighted by molar-refractivity contribution is 6.43. The zero-order valence-electron chi connectivity index (χ0n) is 22.9. The third-order valence-corrected chi connectivity index (χ3v) is 7.67. The summed E-state index contributed by atoms with van der Waals surface area (Å²) in [4.78, 5) is 23.6. The Balaban J connectivity index is 1.20. The van der Waals surface area contributed by atoms with E-state index >= 15 is 0 Å². The summed E-state index contributed by atoms with van der Waals surface area (Å²) in [5.74, 6) is 1.07. The molecule has 0 atom stereocenters. The molecule has 2 heterocycles. The molecule has 1 aliphatic heterocycles. The lowest BCUT2D eigenvalue weighted by Gasteiger charge is -2.36. The summed E-state index contributed by atoms with van der Waals surface area (Å²) in [6.07, 6.45) is 3.45. The highest BCUT2D eigenvalue weighted by Crippen LogP contribution is 2.33. The van der Waals surface area contributed by atoms with Crippen molar-refractivity contribution >= 4 is 45.9 Å². The number of rotatable bonds is 12. The standard InChI is InChI=1S/C30H38Cl2N4O3/c1-3-14-36(15-4-2)30(37)39-28-13-11-23-10-12-24(22-26(23)33-28)38-21-6-5-16-34-17-19-35(20-18-34)27-9-7-8-25(31)29(27)32/h7-13,22H,3-6,14-21H2,1-2H3. The van der Waals surface area contributed by atoms with Crippen LogP contribution in [0.5, 0.6) is 11.6 Å². The van der Waals surface area contributed by atoms with E-state index < -0.39 is 0 Å². The van der Waals surface area contributed by atoms with Crippen molar-refractivity contribution in [1.29, 1.82) is 0 Å². The average molecular weight is 574 g/mol. The molecule has 0 bridgehead atoms. The van der Waals surface area contributed by atoms with Gasteiger partial charge >= 0.3 is 6.09 Å². The van der Waals surface area contributed by atoms with Gasteiger partial charge in [-0.25, -0.2) is 9.78 Å². The SMILES string of the molecule is CCCN(CCC)C(=O)Oc1ccc2ccc(OCCCCN3CCN(c4cccc(Cl)c4Cl)CC3)cc2n1. The van der Waals surface area contributed by atoms with Crippen LogP contribution in [-0.4, -0.2) is 73.3 Å². The van der Waals surface area contributed by atoms with Crippen LogP contribution in [0.1, 0.15) is 39.5 Å². The number of fused-ring (bicyclic) bond motifs is 1. The van der Waals surface area contributed by atoms with E-state index in [0.717, 1.165) is 80.7 Å². The quantitative estimate of drug-likeness (QED) is 0.215. The Hall–Kier alpha value is -2.74. The first-order valence-electron chi connectivity index (χ1n) is 13.9. The van der Waals surface area contributed by atoms with Gasteiger partial charge in [-0.05, 0) is 62.6 Å². The summed E-state index contributed by atoms with van der Waals surface area (Å²) in [7, 11) is 0. The minimum atomic E-state index is -0.354. The third kappa shape index (κ3) is 8.13. The van der Waals surface area contributed by atoms with Crippen LogP contribution in [0.3, 0.4) is 0 Å². The Morgan fingerprint density at radius 1 is 0.974 bits per heavy atom. The lowest BCUT2D eigenvalue weighted by Crippen LogP contribution is -2.46. The first-order valence-corrected chi connectivity index (χ1v) is 14.7. The van der Waals surface area contributed by atoms with Crippen molar-refractivity contribution in [2.75, 3.05) is 57.3 Å². The van der Waals surface area contributed by atoms with Crippen molar-refractivity contribution in [1.82, 2.24) is 14.8 Å². The van der Waals surface area contributed by atoms with E-state index in [0.29, 0.717) is 35.6 Å². The number of anilines is 1. The van der Waals surface area contributed by atoms with Gasteiger partial charge in [-0.2, -0.15) is 0 Å². The molecule has 1 amide bonds. The molecule has 0 unspecified atom stereocenters. The van der Waals surface area contributed by atoms with Crippen molar-refractivity contribution in [2.24, 2.45) is 0 Å². The first kappa shape index (κ1) is 29.2. The summed E-state index contributed by atoms with van der Waals surface area (Å²) < 4.78 is 11.6. The number of carbonyl (C=O) groups excluding carboxylic acids is 1. The van der Waals surface area contributed by atoms with E-state index in [9.17, 15) is 4.79 Å². The maximum Gasteiger partial charge on any atom is 0.416 e. The van der Waals surface area contributed by atoms with Crippen LogP contribution in [-0.2, 0) is 0 Å². The number of halogens is 2. The van der Waals surface area contributed by atoms with Crippen LogP contribution >= 0.6 is 23.2 Å². The van der Waals surface area contributed by atoms with E-state index in [-0.39, 0.29) is 6.09 Å². The molecule has 0 saturated carbocycles. The zero-order valence-corrected chi connectivity index (χ0v) is 24.4. The molecule has 0 radical (unpaired) electrons. The normalized spacial score (nSPS) is 14.0. The molecule has 210 valence electrons. The molecule has 1 aliphatic rings. The van der Waals surface area contributed by atoms with Gasteiger partial charge in [0.05, 0.1) is 27.9 Å². The predicted octanol–water partition coefficient (Wildman–Crippen LogP) is 7.14. The number of pyridine rings is 1. The van der Waals surface area contributed by atoms with Crippen molar-refractivity contribution < 1.29 is 14.3 Å². The molecule has 7 nitrogen and oxygen atoms in total. The Morgan fingerprint density at radius 2 is 1.72 bits per heavy atom. The summed E-state index contributed by atoms with van der Waals surface area (Å²) in [6.45, 7) is 11.0. The van der Waals surface area contributed by atoms with Crippen LogP contribution in [0.15, 0.2) is 48.5 Å². The molecule has 1 fully saturated rings. The number of nitrogens with zero attached hydrogens (tertiary/aromatic N) is 4. The topological polar surface area (TPSA) is 58.1 Å². The maximum atomic E-state index is 12.5. The van der Waals surface area contributed by atoms with Crippen LogP contribution < -0.4 is 14.4 Å². The van der Waals surface area contributed by atoms with E-state index in [1.165, 1.54) is 0 Å². The van der Waals surface area contributed by atoms with Gasteiger partial charge in [0.1, 0.15) is 5.75 Å². The van der Waals surface area contributed by atoms with Crippen molar-refractivity contribution in [2.45, 2.75) is 39.5 Å². The van der Waals surface area contributed by atoms with Crippen molar-refractivity contribution in [3.63, 3.8) is 0 Å². The van der Waals surface area contributed by atoms with Gasteiger partial charge in [-0.15, -0.1) is 0 Å². The summed E-state index contributed by atoms with van der Waals surface area (Å²) in [5, 5.41) is 2.21. The van der Waals surface area contributed by atoms with Gasteiger partial charge in [0, 0.05) is 56.8 Å². The third-order valence-electron chi connectivity index (χ3n) is 6.86. The smallest absolute Gasteiger partial charge is 0.416 e. The van der Waals surface area contributed by atoms with E-state index in [1.807, 2.05) is 56.3 Å². The average Bonchev–Trinajstić information content (AvgIpc) is 2.94. The number of unbranched alkanes of at least 4 members (excludes halogenated alkanes) is 1. The van der Waals surface area contributed by atoms with Gasteiger partial charge in [0.25, 0.3) is 0 Å². The number of hydrogen-bond donors (Lipinski definition) is 0. The van der Waals surface area contributed by atoms with Gasteiger partial charge in [0.2, 0.25) is 5.88 Å². The first-order chi connectivity index (χ1) is 19.0. The molecule has 4 rings (SSSR count). The minimum Gasteiger partial charge on any atom is -0.494 e. The van der Waals surface area contributed by atoms with Crippen LogP contribution in [0.4, 0.5) is 10.5 Å². The number of carbonyl (C=O) groups is 1. The van der Waals surface area contributed by atoms with E-state index in [1.54, 1.807) is 11.0 Å². The molecule has 3 aromatic rings. The monoisotopic (exact) mass is 572 g/mol. The minimum absolute atomic E-state index is 0.305. The highest BCUT2D eigenvalue weighted by atomic mass is 35.5. The molecular formula is C30H38Cl2N4O3. The Bertz CT molecular complexity index is 1230. The number of aromatic nitrogens is 1. The predicted molar refractivity (Wildman–Crippen MR) is 160 cm³/mol. The molecule has 9 heteroatoms. The van der Waals surface area contributed by atoms with Gasteiger partial charge < -0.3 is 19.3 Å². The van der Waals surface area contributed by atoms with Gasteiger partial charge in [-0.1, -0.05) is 43.1 Å². The maximum absolute atomic E-state index is 12.5. The number of hydrogen-bond acceptors (Lipinski definition) is 6. The van der Waals surface area contributed by atoms with Gasteiger partial charge in [-0.3, -0.25) is 4.90 Å². The lowest BCUT2D eigenvalue weighted by atomic mass is 10.2. The summed E-state index contributed by atoms with van der Waals surface area (Å²) in [5.41, 5.74) is 1.76. The largest absolute Gasteiger partial charge is 0.494 e. The van der Waals surface area contributed by atoms with E-state index in [4.69, 9.17) is 32.7 Å². The zero-order chi connectivity index (χ0) is 27.6. The number of ether oxygens (including phenoxy) is 2. The Kier molecular flexibility index (Phi) is 10.9. The molecule has 2 aromatic carbocycles. The Morgan fingerprint density at radius 3 is 2.46 bits per heavy atom. The number of benzene rings is 2. The molecule has 0 spiro atoms. The fourth-order valence-electron chi connectivity index (χ4n) is 4.79. The second-order valence-electron chi connectivity index (χ2n) is 9.82. The molecular weight excluding hydrogens is 535 g/mol. The van der Waals surface area contributed by atoms with Crippen LogP contribution in [0.25, 0.3) is 10.9 Å². The van der Waals surface area contributed by atoms with Crippen molar-refractivity contribution in [3.05, 3.63) is 58.6 Å². The summed E-state index contributed by atoms with van der Waals surface area (Å²) in [6, 6.07) is 15.3. The second-order valence-corrected chi connectivity index (χ2v) is 10.6. The number of piperazine rings is 1. The fraction of sp³-hybridized carbons (Fsp3) is 0.467.